The summed E-state index contributed by atoms with van der Waals surface area (Å²) in [6.45, 7) is 24.1. The molecular weight excluding hydrogens is 478 g/mol. The van der Waals surface area contributed by atoms with Gasteiger partial charge in [0, 0.05) is 15.7 Å². The molecule has 2 aliphatic rings. The number of allylic oxidation sites excluding steroid dienone is 2. The molecule has 2 fully saturated rings. The van der Waals surface area contributed by atoms with E-state index in [1.807, 2.05) is 68.8 Å². The van der Waals surface area contributed by atoms with Crippen molar-refractivity contribution in [1.82, 2.24) is 5.06 Å². The number of rotatable bonds is 3. The third kappa shape index (κ3) is 23.0. The molecule has 1 saturated heterocycles. The van der Waals surface area contributed by atoms with Gasteiger partial charge in [0.15, 0.2) is 0 Å². The molecule has 210 valence electrons. The first-order valence-corrected chi connectivity index (χ1v) is 14.2. The van der Waals surface area contributed by atoms with E-state index in [4.69, 9.17) is 4.84 Å². The van der Waals surface area contributed by atoms with Crippen LogP contribution in [0.1, 0.15) is 73.3 Å². The van der Waals surface area contributed by atoms with Crippen LogP contribution in [0.25, 0.3) is 0 Å². The summed E-state index contributed by atoms with van der Waals surface area (Å²) in [6, 6.07) is 21.0. The second-order valence-corrected chi connectivity index (χ2v) is 10.9. The number of thioether (sulfide) groups is 1. The van der Waals surface area contributed by atoms with Gasteiger partial charge in [0.1, 0.15) is 6.73 Å². The Morgan fingerprint density at radius 1 is 0.811 bits per heavy atom. The zero-order valence-corrected chi connectivity index (χ0v) is 25.4. The van der Waals surface area contributed by atoms with Gasteiger partial charge in [-0.15, -0.1) is 11.8 Å². The van der Waals surface area contributed by atoms with Crippen molar-refractivity contribution in [3.8, 4) is 0 Å². The van der Waals surface area contributed by atoms with Gasteiger partial charge < -0.3 is 10.2 Å². The summed E-state index contributed by atoms with van der Waals surface area (Å²) >= 11 is 1.90. The van der Waals surface area contributed by atoms with Gasteiger partial charge in [0.25, 0.3) is 0 Å². The maximum absolute atomic E-state index is 9.28. The maximum atomic E-state index is 9.28. The van der Waals surface area contributed by atoms with Gasteiger partial charge in [0.2, 0.25) is 0 Å². The van der Waals surface area contributed by atoms with Crippen LogP contribution in [0.15, 0.2) is 90.9 Å². The Labute approximate surface area is 232 Å². The summed E-state index contributed by atoms with van der Waals surface area (Å²) in [5.41, 5.74) is 1.32. The van der Waals surface area contributed by atoms with Crippen LogP contribution >= 0.6 is 11.8 Å². The van der Waals surface area contributed by atoms with Crippen molar-refractivity contribution in [2.45, 2.75) is 103 Å². The summed E-state index contributed by atoms with van der Waals surface area (Å²) < 4.78 is 0.321. The third-order valence-electron chi connectivity index (χ3n) is 4.59. The average molecular weight is 532 g/mol. The number of aryl methyl sites for hydroxylation is 1. The molecule has 1 saturated carbocycles. The molecule has 2 unspecified atom stereocenters. The SMILES string of the molecule is C=CC=C.CC.CC.CC(C)(C)Sc1ccccc1.Cc1ccccc1.O[C@@H]1CC(N2CO2)C[C@H](O)C1. The average Bonchev–Trinajstić information content (AvgIpc) is 3.73. The number of hydrogen-bond acceptors (Lipinski definition) is 5. The molecule has 1 aliphatic carbocycles. The van der Waals surface area contributed by atoms with Crippen LogP contribution in [0.2, 0.25) is 0 Å². The van der Waals surface area contributed by atoms with Crippen LogP contribution in [0.3, 0.4) is 0 Å². The maximum Gasteiger partial charge on any atom is 0.144 e. The number of aliphatic hydroxyl groups excluding tert-OH is 2. The summed E-state index contributed by atoms with van der Waals surface area (Å²) in [5, 5.41) is 20.4. The number of benzene rings is 2. The van der Waals surface area contributed by atoms with Crippen molar-refractivity contribution in [3.63, 3.8) is 0 Å². The zero-order chi connectivity index (χ0) is 28.7. The summed E-state index contributed by atoms with van der Waals surface area (Å²) in [7, 11) is 0. The van der Waals surface area contributed by atoms with Crippen LogP contribution in [0, 0.1) is 6.92 Å². The van der Waals surface area contributed by atoms with E-state index in [0.29, 0.717) is 17.9 Å². The number of hydroxylamine groups is 2. The quantitative estimate of drug-likeness (QED) is 0.236. The molecule has 4 nitrogen and oxygen atoms in total. The van der Waals surface area contributed by atoms with Gasteiger partial charge in [-0.1, -0.05) is 128 Å². The molecule has 0 spiro atoms. The molecule has 2 aromatic rings. The largest absolute Gasteiger partial charge is 0.393 e. The summed E-state index contributed by atoms with van der Waals surface area (Å²) in [4.78, 5) is 6.30. The highest BCUT2D eigenvalue weighted by atomic mass is 32.2. The Kier molecular flexibility index (Phi) is 23.4. The van der Waals surface area contributed by atoms with Crippen molar-refractivity contribution in [2.24, 2.45) is 0 Å². The molecule has 0 bridgehead atoms. The molecule has 5 heteroatoms. The molecule has 2 N–H and O–H groups in total. The molecule has 4 rings (SSSR count). The molecular formula is C32H53NO3S. The van der Waals surface area contributed by atoms with Gasteiger partial charge >= 0.3 is 0 Å². The van der Waals surface area contributed by atoms with E-state index in [-0.39, 0.29) is 18.2 Å². The van der Waals surface area contributed by atoms with E-state index < -0.39 is 0 Å². The molecule has 1 heterocycles. The molecule has 37 heavy (non-hydrogen) atoms. The molecule has 4 atom stereocenters. The third-order valence-corrected chi connectivity index (χ3v) is 5.71. The lowest BCUT2D eigenvalue weighted by atomic mass is 9.91. The van der Waals surface area contributed by atoms with Gasteiger partial charge in [0.05, 0.1) is 12.2 Å². The number of nitrogens with zero attached hydrogens (tertiary/aromatic N) is 1. The highest BCUT2D eigenvalue weighted by Crippen LogP contribution is 2.31. The van der Waals surface area contributed by atoms with E-state index in [1.54, 1.807) is 12.2 Å². The lowest BCUT2D eigenvalue weighted by molar-refractivity contribution is -0.0121. The van der Waals surface area contributed by atoms with E-state index in [2.05, 4.69) is 77.3 Å². The fourth-order valence-electron chi connectivity index (χ4n) is 3.09. The Balaban J connectivity index is 0. The van der Waals surface area contributed by atoms with Gasteiger partial charge in [-0.05, 0) is 38.3 Å². The smallest absolute Gasteiger partial charge is 0.144 e. The van der Waals surface area contributed by atoms with E-state index in [9.17, 15) is 10.2 Å². The van der Waals surface area contributed by atoms with E-state index in [1.165, 1.54) is 10.5 Å². The van der Waals surface area contributed by atoms with Crippen molar-refractivity contribution in [1.29, 1.82) is 0 Å². The summed E-state index contributed by atoms with van der Waals surface area (Å²) in [6.07, 6.45) is 4.55. The minimum absolute atomic E-state index is 0.230. The number of hydrogen-bond donors (Lipinski definition) is 2. The van der Waals surface area contributed by atoms with Crippen LogP contribution < -0.4 is 0 Å². The fraction of sp³-hybridized carbons (Fsp3) is 0.500. The topological polar surface area (TPSA) is 56.0 Å². The van der Waals surface area contributed by atoms with Crippen LogP contribution in [0.5, 0.6) is 0 Å². The minimum atomic E-state index is -0.354. The predicted octanol–water partition coefficient (Wildman–Crippen LogP) is 8.45. The lowest BCUT2D eigenvalue weighted by Crippen LogP contribution is -2.36. The summed E-state index contributed by atoms with van der Waals surface area (Å²) in [5.74, 6) is 0. The van der Waals surface area contributed by atoms with Gasteiger partial charge in [-0.25, -0.2) is 0 Å². The number of aliphatic hydroxyl groups is 2. The second-order valence-electron chi connectivity index (χ2n) is 9.00. The lowest BCUT2D eigenvalue weighted by Gasteiger charge is -2.28. The predicted molar refractivity (Wildman–Crippen MR) is 164 cm³/mol. The minimum Gasteiger partial charge on any atom is -0.393 e. The second kappa shape index (κ2) is 23.2. The van der Waals surface area contributed by atoms with Crippen LogP contribution in [-0.2, 0) is 4.84 Å². The monoisotopic (exact) mass is 531 g/mol. The molecule has 0 radical (unpaired) electrons. The first kappa shape index (κ1) is 37.3. The highest BCUT2D eigenvalue weighted by molar-refractivity contribution is 8.00. The molecule has 1 aliphatic heterocycles. The first-order valence-electron chi connectivity index (χ1n) is 13.4. The standard InChI is InChI=1S/C10H14S.C7H13NO3.C7H8.C4H6.2C2H6/c1-10(2,3)11-9-7-5-4-6-8-9;9-6-1-5(8-4-11-8)2-7(10)3-6;1-7-5-3-2-4-6-7;1-3-4-2;2*1-2/h4-8H,1-3H3;5-7,9-10H,1-4H2;2-6H,1H3;3-4H,1-2H2;2*1-2H3/t;5?,6-,7+,8?;;;;. The van der Waals surface area contributed by atoms with Crippen LogP contribution in [-0.4, -0.2) is 45.0 Å². The van der Waals surface area contributed by atoms with E-state index >= 15 is 0 Å². The Bertz CT molecular complexity index is 758. The normalized spacial score (nSPS) is 21.0. The highest BCUT2D eigenvalue weighted by Gasteiger charge is 2.36. The fourth-order valence-corrected chi connectivity index (χ4v) is 4.09. The molecule has 0 amide bonds. The van der Waals surface area contributed by atoms with Crippen molar-refractivity contribution in [2.75, 3.05) is 6.73 Å². The van der Waals surface area contributed by atoms with Crippen molar-refractivity contribution < 1.29 is 15.1 Å². The Morgan fingerprint density at radius 3 is 1.51 bits per heavy atom. The Morgan fingerprint density at radius 2 is 1.22 bits per heavy atom. The van der Waals surface area contributed by atoms with Gasteiger partial charge in [-0.3, -0.25) is 4.84 Å². The molecule has 0 aromatic heterocycles. The zero-order valence-electron chi connectivity index (χ0n) is 24.6. The van der Waals surface area contributed by atoms with Crippen molar-refractivity contribution in [3.05, 3.63) is 91.5 Å². The first-order chi connectivity index (χ1) is 17.6. The molecule has 2 aromatic carbocycles. The van der Waals surface area contributed by atoms with Crippen LogP contribution in [0.4, 0.5) is 0 Å². The Hall–Kier alpha value is -1.89. The van der Waals surface area contributed by atoms with Crippen molar-refractivity contribution >= 4 is 11.8 Å². The van der Waals surface area contributed by atoms with Gasteiger partial charge in [-0.2, -0.15) is 5.06 Å². The van der Waals surface area contributed by atoms with E-state index in [0.717, 1.165) is 12.8 Å².